The Kier molecular flexibility index (Phi) is 5.01. The Morgan fingerprint density at radius 2 is 2.09 bits per heavy atom. The lowest BCUT2D eigenvalue weighted by atomic mass is 10.2. The first kappa shape index (κ1) is 16.5. The van der Waals surface area contributed by atoms with Gasteiger partial charge in [-0.1, -0.05) is 24.8 Å². The molecule has 1 aromatic heterocycles. The van der Waals surface area contributed by atoms with Gasteiger partial charge in [-0.15, -0.1) is 0 Å². The van der Waals surface area contributed by atoms with Crippen LogP contribution < -0.4 is 5.73 Å². The summed E-state index contributed by atoms with van der Waals surface area (Å²) in [5.41, 5.74) is 7.87. The summed E-state index contributed by atoms with van der Waals surface area (Å²) in [7, 11) is 0. The van der Waals surface area contributed by atoms with Crippen molar-refractivity contribution in [3.05, 3.63) is 77.1 Å². The van der Waals surface area contributed by atoms with Crippen LogP contribution in [0.15, 0.2) is 48.7 Å². The molecule has 1 aromatic carbocycles. The van der Waals surface area contributed by atoms with Gasteiger partial charge in [0.15, 0.2) is 0 Å². The molecule has 1 amide bonds. The van der Waals surface area contributed by atoms with E-state index in [4.69, 9.17) is 10.5 Å². The van der Waals surface area contributed by atoms with Gasteiger partial charge in [0.05, 0.1) is 6.20 Å². The molecule has 2 aromatic rings. The predicted molar refractivity (Wildman–Crippen MR) is 88.1 cm³/mol. The Hall–Kier alpha value is -2.82. The summed E-state index contributed by atoms with van der Waals surface area (Å²) in [5, 5.41) is 0. The molecule has 0 unspecified atom stereocenters. The molecule has 5 heteroatoms. The molecule has 0 aliphatic heterocycles. The molecule has 0 saturated heterocycles. The van der Waals surface area contributed by atoms with E-state index in [1.54, 1.807) is 29.0 Å². The topological polar surface area (TPSA) is 57.2 Å². The number of primary amides is 1. The average molecular weight is 314 g/mol. The Morgan fingerprint density at radius 3 is 2.70 bits per heavy atom. The van der Waals surface area contributed by atoms with Gasteiger partial charge in [0, 0.05) is 11.3 Å². The lowest BCUT2D eigenvalue weighted by Gasteiger charge is -2.10. The number of allylic oxidation sites excluding steroid dienone is 1. The number of nitrogens with zero attached hydrogens (tertiary/aromatic N) is 1. The van der Waals surface area contributed by atoms with Gasteiger partial charge in [-0.3, -0.25) is 4.79 Å². The summed E-state index contributed by atoms with van der Waals surface area (Å²) >= 11 is 0. The van der Waals surface area contributed by atoms with Crippen molar-refractivity contribution < 1.29 is 13.9 Å². The highest BCUT2D eigenvalue weighted by atomic mass is 19.1. The van der Waals surface area contributed by atoms with Crippen LogP contribution in [0.4, 0.5) is 4.39 Å². The quantitative estimate of drug-likeness (QED) is 0.655. The maximum atomic E-state index is 13.6. The van der Waals surface area contributed by atoms with E-state index in [-0.39, 0.29) is 12.4 Å². The zero-order chi connectivity index (χ0) is 17.0. The Balaban J connectivity index is 2.28. The third kappa shape index (κ3) is 3.69. The molecule has 0 atom stereocenters. The third-order valence-corrected chi connectivity index (χ3v) is 3.46. The number of halogens is 1. The summed E-state index contributed by atoms with van der Waals surface area (Å²) in [6.07, 6.45) is 3.12. The van der Waals surface area contributed by atoms with Crippen LogP contribution in [0, 0.1) is 19.7 Å². The molecule has 0 radical (unpaired) electrons. The van der Waals surface area contributed by atoms with Gasteiger partial charge in [-0.05, 0) is 37.6 Å². The molecule has 2 N–H and O–H groups in total. The van der Waals surface area contributed by atoms with Gasteiger partial charge in [0.2, 0.25) is 0 Å². The highest BCUT2D eigenvalue weighted by Gasteiger charge is 2.14. The summed E-state index contributed by atoms with van der Waals surface area (Å²) in [6.45, 7) is 7.42. The normalized spacial score (nSPS) is 11.3. The number of aromatic nitrogens is 1. The zero-order valence-electron chi connectivity index (χ0n) is 13.2. The van der Waals surface area contributed by atoms with Crippen LogP contribution in [-0.2, 0) is 11.3 Å². The van der Waals surface area contributed by atoms with Gasteiger partial charge in [-0.2, -0.15) is 0 Å². The van der Waals surface area contributed by atoms with E-state index in [9.17, 15) is 9.18 Å². The number of carbonyl (C=O) groups is 1. The fraction of sp³-hybridized carbons (Fsp3) is 0.167. The minimum Gasteiger partial charge on any atom is -0.487 e. The fourth-order valence-corrected chi connectivity index (χ4v) is 2.35. The Morgan fingerprint density at radius 1 is 1.39 bits per heavy atom. The van der Waals surface area contributed by atoms with Gasteiger partial charge < -0.3 is 15.0 Å². The van der Waals surface area contributed by atoms with Gasteiger partial charge in [-0.25, -0.2) is 4.39 Å². The molecule has 0 bridgehead atoms. The first-order valence-corrected chi connectivity index (χ1v) is 7.12. The zero-order valence-corrected chi connectivity index (χ0v) is 13.2. The number of hydrogen-bond acceptors (Lipinski definition) is 2. The summed E-state index contributed by atoms with van der Waals surface area (Å²) in [6, 6.07) is 8.24. The van der Waals surface area contributed by atoms with Crippen molar-refractivity contribution in [2.24, 2.45) is 5.73 Å². The first-order valence-electron chi connectivity index (χ1n) is 7.12. The number of hydrogen-bond donors (Lipinski definition) is 1. The smallest absolute Gasteiger partial charge is 0.265 e. The van der Waals surface area contributed by atoms with E-state index < -0.39 is 5.91 Å². The fourth-order valence-electron chi connectivity index (χ4n) is 2.35. The number of aryl methyl sites for hydroxylation is 2. The SMILES string of the molecule is C=C/C(=C\n1c(C)cc(C)c1C(N)=O)OCc1ccccc1F. The highest BCUT2D eigenvalue weighted by molar-refractivity contribution is 5.93. The molecule has 0 saturated carbocycles. The molecule has 2 rings (SSSR count). The van der Waals surface area contributed by atoms with Crippen LogP contribution in [-0.4, -0.2) is 10.5 Å². The van der Waals surface area contributed by atoms with E-state index in [0.717, 1.165) is 11.3 Å². The molecule has 120 valence electrons. The van der Waals surface area contributed by atoms with Crippen LogP contribution in [0.2, 0.25) is 0 Å². The number of benzene rings is 1. The molecule has 0 fully saturated rings. The molecule has 0 spiro atoms. The second kappa shape index (κ2) is 6.96. The van der Waals surface area contributed by atoms with Crippen molar-refractivity contribution in [3.63, 3.8) is 0 Å². The van der Waals surface area contributed by atoms with E-state index in [1.165, 1.54) is 12.1 Å². The van der Waals surface area contributed by atoms with Crippen molar-refractivity contribution in [1.29, 1.82) is 0 Å². The maximum Gasteiger partial charge on any atom is 0.265 e. The van der Waals surface area contributed by atoms with Crippen molar-refractivity contribution >= 4 is 12.1 Å². The second-order valence-corrected chi connectivity index (χ2v) is 5.17. The van der Waals surface area contributed by atoms with Crippen molar-refractivity contribution in [1.82, 2.24) is 4.57 Å². The lowest BCUT2D eigenvalue weighted by Crippen LogP contribution is -2.16. The highest BCUT2D eigenvalue weighted by Crippen LogP contribution is 2.18. The summed E-state index contributed by atoms with van der Waals surface area (Å²) < 4.78 is 20.9. The molecule has 23 heavy (non-hydrogen) atoms. The van der Waals surface area contributed by atoms with E-state index in [0.29, 0.717) is 17.0 Å². The molecule has 0 aliphatic carbocycles. The number of nitrogens with two attached hydrogens (primary N) is 1. The number of ether oxygens (including phenoxy) is 1. The van der Waals surface area contributed by atoms with Crippen LogP contribution in [0.3, 0.4) is 0 Å². The van der Waals surface area contributed by atoms with E-state index >= 15 is 0 Å². The van der Waals surface area contributed by atoms with Gasteiger partial charge >= 0.3 is 0 Å². The maximum absolute atomic E-state index is 13.6. The summed E-state index contributed by atoms with van der Waals surface area (Å²) in [4.78, 5) is 11.6. The molecule has 1 heterocycles. The Bertz CT molecular complexity index is 775. The molecule has 0 aliphatic rings. The second-order valence-electron chi connectivity index (χ2n) is 5.17. The molecule has 4 nitrogen and oxygen atoms in total. The van der Waals surface area contributed by atoms with Crippen molar-refractivity contribution in [2.75, 3.05) is 0 Å². The predicted octanol–water partition coefficient (Wildman–Crippen LogP) is 3.54. The number of carbonyl (C=O) groups excluding carboxylic acids is 1. The van der Waals surface area contributed by atoms with E-state index in [1.807, 2.05) is 19.9 Å². The van der Waals surface area contributed by atoms with Crippen LogP contribution in [0.25, 0.3) is 6.20 Å². The largest absolute Gasteiger partial charge is 0.487 e. The van der Waals surface area contributed by atoms with Crippen molar-refractivity contribution in [2.45, 2.75) is 20.5 Å². The molecular weight excluding hydrogens is 295 g/mol. The minimum atomic E-state index is -0.524. The third-order valence-electron chi connectivity index (χ3n) is 3.46. The standard InChI is InChI=1S/C18H19FN2O2/c1-4-15(23-11-14-7-5-6-8-16(14)19)10-21-13(3)9-12(2)17(21)18(20)22/h4-10H,1,11H2,2-3H3,(H2,20,22)/b15-10+. The first-order chi connectivity index (χ1) is 10.9. The Labute approximate surface area is 134 Å². The monoisotopic (exact) mass is 314 g/mol. The average Bonchev–Trinajstić information content (AvgIpc) is 2.78. The van der Waals surface area contributed by atoms with Crippen molar-refractivity contribution in [3.8, 4) is 0 Å². The molecular formula is C18H19FN2O2. The van der Waals surface area contributed by atoms with Gasteiger partial charge in [0.25, 0.3) is 5.91 Å². The van der Waals surface area contributed by atoms with E-state index in [2.05, 4.69) is 6.58 Å². The van der Waals surface area contributed by atoms with Crippen LogP contribution in [0.5, 0.6) is 0 Å². The minimum absolute atomic E-state index is 0.0652. The number of rotatable bonds is 6. The van der Waals surface area contributed by atoms with Gasteiger partial charge in [0.1, 0.15) is 23.9 Å². The van der Waals surface area contributed by atoms with Crippen LogP contribution >= 0.6 is 0 Å². The summed E-state index contributed by atoms with van der Waals surface area (Å²) in [5.74, 6) is -0.444. The number of amides is 1. The van der Waals surface area contributed by atoms with Crippen LogP contribution in [0.1, 0.15) is 27.3 Å². The lowest BCUT2D eigenvalue weighted by molar-refractivity contribution is 0.0993.